The Morgan fingerprint density at radius 1 is 1.19 bits per heavy atom. The third-order valence-corrected chi connectivity index (χ3v) is 2.86. The van der Waals surface area contributed by atoms with Gasteiger partial charge in [-0.15, -0.1) is 0 Å². The molecule has 2 aromatic rings. The van der Waals surface area contributed by atoms with E-state index in [-0.39, 0.29) is 5.69 Å². The fourth-order valence-corrected chi connectivity index (χ4v) is 1.77. The van der Waals surface area contributed by atoms with Gasteiger partial charge in [0.2, 0.25) is 0 Å². The standard InChI is InChI=1S/C16H15F2NO2/c1-10-4-3-5-13(8-10)21-11(2)16(20)19-15-9-12(17)6-7-14(15)18/h3-9,11H,1-2H3,(H,19,20). The van der Waals surface area contributed by atoms with Gasteiger partial charge in [0.05, 0.1) is 5.69 Å². The predicted octanol–water partition coefficient (Wildman–Crippen LogP) is 3.68. The maximum atomic E-state index is 13.5. The van der Waals surface area contributed by atoms with Crippen LogP contribution in [0.15, 0.2) is 42.5 Å². The first-order valence-electron chi connectivity index (χ1n) is 6.45. The first-order chi connectivity index (χ1) is 9.95. The van der Waals surface area contributed by atoms with E-state index in [0.29, 0.717) is 5.75 Å². The number of ether oxygens (including phenoxy) is 1. The molecule has 0 heterocycles. The third kappa shape index (κ3) is 4.02. The lowest BCUT2D eigenvalue weighted by molar-refractivity contribution is -0.122. The van der Waals surface area contributed by atoms with E-state index in [1.54, 1.807) is 12.1 Å². The van der Waals surface area contributed by atoms with Crippen LogP contribution in [0, 0.1) is 18.6 Å². The van der Waals surface area contributed by atoms with Gasteiger partial charge in [0.15, 0.2) is 6.10 Å². The summed E-state index contributed by atoms with van der Waals surface area (Å²) in [7, 11) is 0. The van der Waals surface area contributed by atoms with Crippen molar-refractivity contribution >= 4 is 11.6 Å². The SMILES string of the molecule is Cc1cccc(OC(C)C(=O)Nc2cc(F)ccc2F)c1. The van der Waals surface area contributed by atoms with Crippen LogP contribution in [0.25, 0.3) is 0 Å². The Morgan fingerprint density at radius 2 is 1.95 bits per heavy atom. The number of aryl methyl sites for hydroxylation is 1. The van der Waals surface area contributed by atoms with Gasteiger partial charge in [0.1, 0.15) is 17.4 Å². The minimum Gasteiger partial charge on any atom is -0.481 e. The summed E-state index contributed by atoms with van der Waals surface area (Å²) < 4.78 is 32.0. The van der Waals surface area contributed by atoms with Gasteiger partial charge in [-0.2, -0.15) is 0 Å². The molecule has 21 heavy (non-hydrogen) atoms. The number of rotatable bonds is 4. The molecule has 1 atom stereocenters. The Balaban J connectivity index is 2.04. The predicted molar refractivity (Wildman–Crippen MR) is 76.3 cm³/mol. The van der Waals surface area contributed by atoms with Gasteiger partial charge in [-0.3, -0.25) is 4.79 Å². The highest BCUT2D eigenvalue weighted by molar-refractivity contribution is 5.94. The monoisotopic (exact) mass is 291 g/mol. The summed E-state index contributed by atoms with van der Waals surface area (Å²) in [6.45, 7) is 3.44. The number of nitrogens with one attached hydrogen (secondary N) is 1. The summed E-state index contributed by atoms with van der Waals surface area (Å²) in [5.41, 5.74) is 0.788. The van der Waals surface area contributed by atoms with E-state index < -0.39 is 23.6 Å². The zero-order valence-electron chi connectivity index (χ0n) is 11.7. The maximum absolute atomic E-state index is 13.5. The topological polar surface area (TPSA) is 38.3 Å². The zero-order chi connectivity index (χ0) is 15.4. The van der Waals surface area contributed by atoms with E-state index >= 15 is 0 Å². The highest BCUT2D eigenvalue weighted by Crippen LogP contribution is 2.17. The molecule has 0 saturated heterocycles. The summed E-state index contributed by atoms with van der Waals surface area (Å²) >= 11 is 0. The molecule has 1 N–H and O–H groups in total. The Kier molecular flexibility index (Phi) is 4.52. The molecular weight excluding hydrogens is 276 g/mol. The second-order valence-electron chi connectivity index (χ2n) is 4.69. The summed E-state index contributed by atoms with van der Waals surface area (Å²) in [4.78, 5) is 11.9. The summed E-state index contributed by atoms with van der Waals surface area (Å²) in [6.07, 6.45) is -0.838. The number of carbonyl (C=O) groups excluding carboxylic acids is 1. The molecule has 0 fully saturated rings. The smallest absolute Gasteiger partial charge is 0.265 e. The van der Waals surface area contributed by atoms with E-state index in [0.717, 1.165) is 23.8 Å². The van der Waals surface area contributed by atoms with Crippen molar-refractivity contribution in [3.8, 4) is 5.75 Å². The number of anilines is 1. The van der Waals surface area contributed by atoms with Crippen molar-refractivity contribution in [2.75, 3.05) is 5.32 Å². The van der Waals surface area contributed by atoms with Gasteiger partial charge in [-0.25, -0.2) is 8.78 Å². The quantitative estimate of drug-likeness (QED) is 0.933. The first-order valence-corrected chi connectivity index (χ1v) is 6.45. The molecule has 0 aliphatic rings. The molecule has 0 bridgehead atoms. The molecule has 3 nitrogen and oxygen atoms in total. The van der Waals surface area contributed by atoms with Crippen LogP contribution in [-0.2, 0) is 4.79 Å². The van der Waals surface area contributed by atoms with Gasteiger partial charge in [-0.05, 0) is 43.7 Å². The average Bonchev–Trinajstić information content (AvgIpc) is 2.43. The number of benzene rings is 2. The average molecular weight is 291 g/mol. The van der Waals surface area contributed by atoms with Gasteiger partial charge in [0.25, 0.3) is 5.91 Å². The van der Waals surface area contributed by atoms with Gasteiger partial charge >= 0.3 is 0 Å². The van der Waals surface area contributed by atoms with Crippen molar-refractivity contribution in [1.82, 2.24) is 0 Å². The van der Waals surface area contributed by atoms with Crippen LogP contribution in [0.1, 0.15) is 12.5 Å². The lowest BCUT2D eigenvalue weighted by Gasteiger charge is -2.15. The van der Waals surface area contributed by atoms with Crippen molar-refractivity contribution in [1.29, 1.82) is 0 Å². The molecule has 0 radical (unpaired) electrons. The Morgan fingerprint density at radius 3 is 2.67 bits per heavy atom. The number of hydrogen-bond donors (Lipinski definition) is 1. The van der Waals surface area contributed by atoms with Crippen LogP contribution >= 0.6 is 0 Å². The molecule has 0 saturated carbocycles. The number of halogens is 2. The third-order valence-electron chi connectivity index (χ3n) is 2.86. The molecule has 0 aliphatic heterocycles. The van der Waals surface area contributed by atoms with Crippen molar-refractivity contribution < 1.29 is 18.3 Å². The fourth-order valence-electron chi connectivity index (χ4n) is 1.77. The molecule has 5 heteroatoms. The molecule has 0 spiro atoms. The van der Waals surface area contributed by atoms with Crippen molar-refractivity contribution in [3.05, 3.63) is 59.7 Å². The maximum Gasteiger partial charge on any atom is 0.265 e. The minimum atomic E-state index is -0.838. The first kappa shape index (κ1) is 15.0. The second-order valence-corrected chi connectivity index (χ2v) is 4.69. The molecule has 2 rings (SSSR count). The van der Waals surface area contributed by atoms with Gasteiger partial charge < -0.3 is 10.1 Å². The summed E-state index contributed by atoms with van der Waals surface area (Å²) in [6, 6.07) is 10.1. The van der Waals surface area contributed by atoms with Crippen LogP contribution in [0.3, 0.4) is 0 Å². The van der Waals surface area contributed by atoms with Crippen LogP contribution in [0.5, 0.6) is 5.75 Å². The van der Waals surface area contributed by atoms with Crippen molar-refractivity contribution in [2.24, 2.45) is 0 Å². The highest BCUT2D eigenvalue weighted by atomic mass is 19.1. The van der Waals surface area contributed by atoms with Crippen molar-refractivity contribution in [3.63, 3.8) is 0 Å². The molecule has 0 aromatic heterocycles. The van der Waals surface area contributed by atoms with Gasteiger partial charge in [0, 0.05) is 6.07 Å². The number of amides is 1. The highest BCUT2D eigenvalue weighted by Gasteiger charge is 2.17. The molecule has 110 valence electrons. The van der Waals surface area contributed by atoms with E-state index in [9.17, 15) is 13.6 Å². The van der Waals surface area contributed by atoms with Crippen LogP contribution < -0.4 is 10.1 Å². The molecule has 1 amide bonds. The summed E-state index contributed by atoms with van der Waals surface area (Å²) in [5.74, 6) is -1.34. The molecule has 2 aromatic carbocycles. The minimum absolute atomic E-state index is 0.209. The fraction of sp³-hybridized carbons (Fsp3) is 0.188. The van der Waals surface area contributed by atoms with Crippen LogP contribution in [0.4, 0.5) is 14.5 Å². The number of hydrogen-bond acceptors (Lipinski definition) is 2. The Labute approximate surface area is 121 Å². The molecular formula is C16H15F2NO2. The lowest BCUT2D eigenvalue weighted by Crippen LogP contribution is -2.30. The van der Waals surface area contributed by atoms with E-state index in [2.05, 4.69) is 5.32 Å². The Bertz CT molecular complexity index is 658. The second kappa shape index (κ2) is 6.35. The number of carbonyl (C=O) groups is 1. The van der Waals surface area contributed by atoms with Crippen LogP contribution in [0.2, 0.25) is 0 Å². The van der Waals surface area contributed by atoms with Crippen molar-refractivity contribution in [2.45, 2.75) is 20.0 Å². The largest absolute Gasteiger partial charge is 0.481 e. The van der Waals surface area contributed by atoms with E-state index in [1.165, 1.54) is 6.92 Å². The lowest BCUT2D eigenvalue weighted by atomic mass is 10.2. The molecule has 0 aliphatic carbocycles. The van der Waals surface area contributed by atoms with Gasteiger partial charge in [-0.1, -0.05) is 12.1 Å². The summed E-state index contributed by atoms with van der Waals surface area (Å²) in [5, 5.41) is 2.31. The van der Waals surface area contributed by atoms with E-state index in [1.807, 2.05) is 19.1 Å². The zero-order valence-corrected chi connectivity index (χ0v) is 11.7. The van der Waals surface area contributed by atoms with E-state index in [4.69, 9.17) is 4.74 Å². The normalized spacial score (nSPS) is 11.8. The van der Waals surface area contributed by atoms with Crippen LogP contribution in [-0.4, -0.2) is 12.0 Å². The Hall–Kier alpha value is -2.43. The molecule has 1 unspecified atom stereocenters.